The number of nitrogens with one attached hydrogen (secondary N) is 1. The van der Waals surface area contributed by atoms with E-state index in [1.807, 2.05) is 18.3 Å². The fourth-order valence-corrected chi connectivity index (χ4v) is 6.33. The third-order valence-electron chi connectivity index (χ3n) is 5.67. The second-order valence-electron chi connectivity index (χ2n) is 7.97. The maximum Gasteiger partial charge on any atom is 0.305 e. The van der Waals surface area contributed by atoms with Gasteiger partial charge in [0.25, 0.3) is 0 Å². The van der Waals surface area contributed by atoms with Crippen molar-refractivity contribution in [3.05, 3.63) is 88.6 Å². The summed E-state index contributed by atoms with van der Waals surface area (Å²) in [4.78, 5) is 15.7. The lowest BCUT2D eigenvalue weighted by Crippen LogP contribution is -2.34. The van der Waals surface area contributed by atoms with Gasteiger partial charge < -0.3 is 4.74 Å². The smallest absolute Gasteiger partial charge is 0.305 e. The highest BCUT2D eigenvalue weighted by Gasteiger charge is 2.27. The van der Waals surface area contributed by atoms with Crippen LogP contribution in [-0.4, -0.2) is 32.5 Å². The van der Waals surface area contributed by atoms with E-state index in [0.29, 0.717) is 29.9 Å². The topological polar surface area (TPSA) is 85.4 Å². The van der Waals surface area contributed by atoms with Gasteiger partial charge in [0.05, 0.1) is 7.11 Å². The molecule has 1 atom stereocenters. The lowest BCUT2D eigenvalue weighted by molar-refractivity contribution is -0.140. The van der Waals surface area contributed by atoms with Crippen molar-refractivity contribution >= 4 is 32.9 Å². The molecule has 33 heavy (non-hydrogen) atoms. The van der Waals surface area contributed by atoms with Gasteiger partial charge in [-0.05, 0) is 65.5 Å². The number of thiophene rings is 1. The normalized spacial score (nSPS) is 15.9. The fraction of sp³-hybridized carbons (Fsp3) is 0.280. The summed E-state index contributed by atoms with van der Waals surface area (Å²) in [5.41, 5.74) is 5.42. The van der Waals surface area contributed by atoms with Crippen LogP contribution in [-0.2, 0) is 32.4 Å². The zero-order valence-corrected chi connectivity index (χ0v) is 20.0. The van der Waals surface area contributed by atoms with Gasteiger partial charge in [-0.15, -0.1) is 11.3 Å². The average Bonchev–Trinajstić information content (AvgIpc) is 3.49. The number of hydrogen-bond donors (Lipinski definition) is 1. The molecule has 1 N–H and O–H groups in total. The number of rotatable bonds is 9. The van der Waals surface area contributed by atoms with Gasteiger partial charge in [-0.25, -0.2) is 13.1 Å². The Morgan fingerprint density at radius 2 is 2.03 bits per heavy atom. The van der Waals surface area contributed by atoms with E-state index in [0.717, 1.165) is 34.2 Å². The minimum atomic E-state index is -3.50. The minimum absolute atomic E-state index is 0.159. The first-order valence-corrected chi connectivity index (χ1v) is 13.2. The summed E-state index contributed by atoms with van der Waals surface area (Å²) in [5.74, 6) is -0.208. The largest absolute Gasteiger partial charge is 0.469 e. The summed E-state index contributed by atoms with van der Waals surface area (Å²) in [7, 11) is -2.10. The fourth-order valence-electron chi connectivity index (χ4n) is 4.08. The summed E-state index contributed by atoms with van der Waals surface area (Å²) in [6.07, 6.45) is 8.84. The molecule has 8 heteroatoms. The van der Waals surface area contributed by atoms with Crippen molar-refractivity contribution in [1.29, 1.82) is 0 Å². The monoisotopic (exact) mass is 482 g/mol. The van der Waals surface area contributed by atoms with Crippen LogP contribution in [0.2, 0.25) is 0 Å². The Morgan fingerprint density at radius 1 is 1.18 bits per heavy atom. The van der Waals surface area contributed by atoms with Crippen molar-refractivity contribution in [3.8, 4) is 0 Å². The summed E-state index contributed by atoms with van der Waals surface area (Å²) >= 11 is 1.22. The summed E-state index contributed by atoms with van der Waals surface area (Å²) in [6.45, 7) is 0. The number of carbonyl (C=O) groups is 1. The molecule has 1 aromatic carbocycles. The van der Waals surface area contributed by atoms with E-state index in [9.17, 15) is 13.2 Å². The molecular formula is C25H26N2O4S2. The van der Waals surface area contributed by atoms with E-state index in [4.69, 9.17) is 4.74 Å². The van der Waals surface area contributed by atoms with Crippen molar-refractivity contribution in [2.75, 3.05) is 7.11 Å². The number of sulfonamides is 1. The van der Waals surface area contributed by atoms with Crippen LogP contribution in [0.3, 0.4) is 0 Å². The number of unbranched alkanes of at least 4 members (excludes halogenated alkanes) is 1. The molecule has 0 saturated heterocycles. The van der Waals surface area contributed by atoms with E-state index in [2.05, 4.69) is 34.0 Å². The number of fused-ring (bicyclic) bond motifs is 1. The van der Waals surface area contributed by atoms with E-state index in [1.165, 1.54) is 18.4 Å². The van der Waals surface area contributed by atoms with E-state index < -0.39 is 10.0 Å². The Kier molecular flexibility index (Phi) is 7.37. The van der Waals surface area contributed by atoms with Crippen LogP contribution in [0.15, 0.2) is 70.5 Å². The average molecular weight is 483 g/mol. The van der Waals surface area contributed by atoms with E-state index in [-0.39, 0.29) is 12.0 Å². The summed E-state index contributed by atoms with van der Waals surface area (Å²) < 4.78 is 33.2. The molecule has 3 aromatic rings. The van der Waals surface area contributed by atoms with Crippen molar-refractivity contribution in [1.82, 2.24) is 9.71 Å². The van der Waals surface area contributed by atoms with Crippen molar-refractivity contribution in [2.45, 2.75) is 42.4 Å². The van der Waals surface area contributed by atoms with Gasteiger partial charge >= 0.3 is 5.97 Å². The number of benzene rings is 1. The van der Waals surface area contributed by atoms with Gasteiger partial charge in [-0.1, -0.05) is 36.4 Å². The zero-order chi connectivity index (χ0) is 23.3. The lowest BCUT2D eigenvalue weighted by Gasteiger charge is -2.11. The van der Waals surface area contributed by atoms with Gasteiger partial charge in [-0.2, -0.15) is 0 Å². The Morgan fingerprint density at radius 3 is 2.76 bits per heavy atom. The molecule has 4 rings (SSSR count). The molecule has 1 aliphatic carbocycles. The van der Waals surface area contributed by atoms with Crippen LogP contribution in [0.4, 0.5) is 0 Å². The van der Waals surface area contributed by atoms with Gasteiger partial charge in [0.15, 0.2) is 0 Å². The number of esters is 1. The molecule has 172 valence electrons. The molecule has 0 fully saturated rings. The van der Waals surface area contributed by atoms with Crippen LogP contribution in [0.5, 0.6) is 0 Å². The first kappa shape index (κ1) is 23.4. The van der Waals surface area contributed by atoms with E-state index in [1.54, 1.807) is 23.7 Å². The first-order chi connectivity index (χ1) is 16.0. The molecule has 0 radical (unpaired) electrons. The zero-order valence-electron chi connectivity index (χ0n) is 18.4. The van der Waals surface area contributed by atoms with Crippen LogP contribution >= 0.6 is 11.3 Å². The van der Waals surface area contributed by atoms with Gasteiger partial charge in [-0.3, -0.25) is 9.78 Å². The molecule has 0 amide bonds. The molecule has 2 heterocycles. The van der Waals surface area contributed by atoms with Crippen LogP contribution < -0.4 is 4.72 Å². The Bertz CT molecular complexity index is 1240. The molecule has 6 nitrogen and oxygen atoms in total. The highest BCUT2D eigenvalue weighted by atomic mass is 32.2. The Labute approximate surface area is 198 Å². The third-order valence-corrected chi connectivity index (χ3v) is 8.58. The highest BCUT2D eigenvalue weighted by molar-refractivity contribution is 7.91. The predicted octanol–water partition coefficient (Wildman–Crippen LogP) is 4.36. The van der Waals surface area contributed by atoms with E-state index >= 15 is 0 Å². The number of methoxy groups -OCH3 is 1. The van der Waals surface area contributed by atoms with Gasteiger partial charge in [0.1, 0.15) is 4.21 Å². The first-order valence-electron chi connectivity index (χ1n) is 10.8. The second-order valence-corrected chi connectivity index (χ2v) is 10.9. The quantitative estimate of drug-likeness (QED) is 0.362. The predicted molar refractivity (Wildman–Crippen MR) is 129 cm³/mol. The maximum atomic E-state index is 12.6. The molecule has 0 aliphatic heterocycles. The van der Waals surface area contributed by atoms with Gasteiger partial charge in [0.2, 0.25) is 10.0 Å². The van der Waals surface area contributed by atoms with Crippen molar-refractivity contribution in [3.63, 3.8) is 0 Å². The molecule has 1 aliphatic rings. The van der Waals surface area contributed by atoms with Gasteiger partial charge in [0, 0.05) is 30.4 Å². The van der Waals surface area contributed by atoms with Crippen LogP contribution in [0, 0.1) is 0 Å². The lowest BCUT2D eigenvalue weighted by atomic mass is 9.95. The third kappa shape index (κ3) is 5.76. The second kappa shape index (κ2) is 10.4. The van der Waals surface area contributed by atoms with Crippen LogP contribution in [0.25, 0.3) is 5.57 Å². The Hall–Kier alpha value is -2.81. The number of aromatic nitrogens is 1. The number of nitrogens with zero attached hydrogens (tertiary/aromatic N) is 1. The molecule has 0 spiro atoms. The molecule has 1 unspecified atom stereocenters. The van der Waals surface area contributed by atoms with Crippen LogP contribution in [0.1, 0.15) is 41.5 Å². The minimum Gasteiger partial charge on any atom is -0.469 e. The molecule has 0 saturated carbocycles. The van der Waals surface area contributed by atoms with Crippen molar-refractivity contribution in [2.24, 2.45) is 0 Å². The number of hydrogen-bond acceptors (Lipinski definition) is 6. The highest BCUT2D eigenvalue weighted by Crippen LogP contribution is 2.30. The maximum absolute atomic E-state index is 12.6. The number of pyridine rings is 1. The summed E-state index contributed by atoms with van der Waals surface area (Å²) in [5, 5.41) is 1.77. The SMILES string of the molecule is COC(=O)CCC/C=C(\c1cccnc1)c1ccc2c(c1)CC(NS(=O)(=O)c1cccs1)C2. The molecular weight excluding hydrogens is 456 g/mol. The Balaban J connectivity index is 1.53. The number of allylic oxidation sites excluding steroid dienone is 1. The van der Waals surface area contributed by atoms with Crippen molar-refractivity contribution < 1.29 is 17.9 Å². The molecule has 0 bridgehead atoms. The number of carbonyl (C=O) groups excluding carboxylic acids is 1. The molecule has 2 aromatic heterocycles. The summed E-state index contributed by atoms with van der Waals surface area (Å²) in [6, 6.07) is 13.4. The number of ether oxygens (including phenoxy) is 1. The standard InChI is InChI=1S/C25H26N2O4S2/c1-31-24(28)8-3-2-7-23(20-6-4-12-26-17-20)19-11-10-18-15-22(16-21(18)14-19)27-33(29,30)25-9-5-13-32-25/h4-7,9-14,17,22,27H,2-3,8,15-16H2,1H3/b23-7-.